The molecule has 8 heteroatoms. The molecule has 1 unspecified atom stereocenters. The lowest BCUT2D eigenvalue weighted by Gasteiger charge is -2.13. The van der Waals surface area contributed by atoms with Crippen LogP contribution in [-0.4, -0.2) is 23.7 Å². The predicted octanol–water partition coefficient (Wildman–Crippen LogP) is 2.34. The van der Waals surface area contributed by atoms with E-state index in [4.69, 9.17) is 5.73 Å². The fraction of sp³-hybridized carbons (Fsp3) is 0.250. The summed E-state index contributed by atoms with van der Waals surface area (Å²) in [6.45, 7) is -1.32. The number of nitrogens with two attached hydrogens (primary N) is 1. The van der Waals surface area contributed by atoms with E-state index < -0.39 is 24.7 Å². The second-order valence-electron chi connectivity index (χ2n) is 5.01. The van der Waals surface area contributed by atoms with Gasteiger partial charge in [-0.1, -0.05) is 30.3 Å². The van der Waals surface area contributed by atoms with E-state index >= 15 is 0 Å². The molecule has 128 valence electrons. The van der Waals surface area contributed by atoms with Crippen LogP contribution >= 0.6 is 0 Å². The Balaban J connectivity index is 1.91. The van der Waals surface area contributed by atoms with Gasteiger partial charge in [0.05, 0.1) is 0 Å². The number of nitrogens with one attached hydrogen (secondary N) is 1. The number of halogens is 3. The Hall–Kier alpha value is -2.61. The van der Waals surface area contributed by atoms with E-state index in [1.807, 2.05) is 6.07 Å². The summed E-state index contributed by atoms with van der Waals surface area (Å²) in [5.41, 5.74) is 7.07. The first-order chi connectivity index (χ1) is 11.3. The van der Waals surface area contributed by atoms with Crippen molar-refractivity contribution < 1.29 is 22.7 Å². The van der Waals surface area contributed by atoms with Crippen LogP contribution in [0.3, 0.4) is 0 Å². The van der Waals surface area contributed by atoms with Crippen molar-refractivity contribution in [1.82, 2.24) is 10.3 Å². The lowest BCUT2D eigenvalue weighted by atomic mass is 10.1. The van der Waals surface area contributed by atoms with Crippen molar-refractivity contribution >= 4 is 5.91 Å². The van der Waals surface area contributed by atoms with Gasteiger partial charge in [0, 0.05) is 18.8 Å². The Labute approximate surface area is 136 Å². The number of carbonyl (C=O) groups excluding carboxylic acids is 1. The molecule has 24 heavy (non-hydrogen) atoms. The molecule has 3 N–H and O–H groups in total. The van der Waals surface area contributed by atoms with Gasteiger partial charge in [-0.15, -0.1) is 0 Å². The monoisotopic (exact) mass is 339 g/mol. The number of carbonyl (C=O) groups is 1. The van der Waals surface area contributed by atoms with Crippen LogP contribution in [0.4, 0.5) is 13.2 Å². The molecule has 2 rings (SSSR count). The Kier molecular flexibility index (Phi) is 5.75. The van der Waals surface area contributed by atoms with Gasteiger partial charge in [0.2, 0.25) is 11.8 Å². The zero-order valence-electron chi connectivity index (χ0n) is 12.6. The summed E-state index contributed by atoms with van der Waals surface area (Å²) in [7, 11) is 0. The maximum atomic E-state index is 12.1. The first-order valence-electron chi connectivity index (χ1n) is 7.08. The minimum atomic E-state index is -4.44. The summed E-state index contributed by atoms with van der Waals surface area (Å²) < 4.78 is 40.9. The van der Waals surface area contributed by atoms with Crippen LogP contribution in [0.1, 0.15) is 17.2 Å². The first kappa shape index (κ1) is 17.7. The number of amides is 1. The van der Waals surface area contributed by atoms with Gasteiger partial charge in [0.1, 0.15) is 6.04 Å². The van der Waals surface area contributed by atoms with Gasteiger partial charge < -0.3 is 15.8 Å². The highest BCUT2D eigenvalue weighted by atomic mass is 19.4. The van der Waals surface area contributed by atoms with Gasteiger partial charge in [0.25, 0.3) is 0 Å². The van der Waals surface area contributed by atoms with Gasteiger partial charge in [-0.3, -0.25) is 4.79 Å². The van der Waals surface area contributed by atoms with Crippen LogP contribution < -0.4 is 15.8 Å². The minimum absolute atomic E-state index is 0.101. The Morgan fingerprint density at radius 2 is 1.96 bits per heavy atom. The Morgan fingerprint density at radius 1 is 1.25 bits per heavy atom. The molecule has 1 aromatic heterocycles. The molecule has 1 aromatic carbocycles. The van der Waals surface area contributed by atoms with Crippen molar-refractivity contribution in [3.8, 4) is 5.88 Å². The molecule has 1 amide bonds. The lowest BCUT2D eigenvalue weighted by molar-refractivity contribution is -0.154. The van der Waals surface area contributed by atoms with Crippen molar-refractivity contribution in [1.29, 1.82) is 0 Å². The quantitative estimate of drug-likeness (QED) is 0.847. The van der Waals surface area contributed by atoms with Crippen molar-refractivity contribution in [2.45, 2.75) is 18.8 Å². The third-order valence-electron chi connectivity index (χ3n) is 3.09. The fourth-order valence-electron chi connectivity index (χ4n) is 1.91. The van der Waals surface area contributed by atoms with Gasteiger partial charge in [-0.05, 0) is 17.2 Å². The largest absolute Gasteiger partial charge is 0.468 e. The topological polar surface area (TPSA) is 77.2 Å². The maximum absolute atomic E-state index is 12.1. The SMILES string of the molecule is NC(C(=O)NCc1ccnc(OCC(F)(F)F)c1)c1ccccc1. The summed E-state index contributed by atoms with van der Waals surface area (Å²) in [6.07, 6.45) is -3.13. The molecule has 2 aromatic rings. The number of hydrogen-bond donors (Lipinski definition) is 2. The molecule has 0 spiro atoms. The van der Waals surface area contributed by atoms with Crippen molar-refractivity contribution in [2.75, 3.05) is 6.61 Å². The second-order valence-corrected chi connectivity index (χ2v) is 5.01. The average Bonchev–Trinajstić information content (AvgIpc) is 2.58. The highest BCUT2D eigenvalue weighted by Crippen LogP contribution is 2.17. The predicted molar refractivity (Wildman–Crippen MR) is 81.0 cm³/mol. The molecule has 0 radical (unpaired) electrons. The molecule has 0 fully saturated rings. The fourth-order valence-corrected chi connectivity index (χ4v) is 1.91. The number of pyridine rings is 1. The number of aromatic nitrogens is 1. The third-order valence-corrected chi connectivity index (χ3v) is 3.09. The zero-order valence-corrected chi connectivity index (χ0v) is 12.6. The highest BCUT2D eigenvalue weighted by Gasteiger charge is 2.28. The van der Waals surface area contributed by atoms with E-state index in [1.165, 1.54) is 12.3 Å². The van der Waals surface area contributed by atoms with E-state index in [0.717, 1.165) is 0 Å². The minimum Gasteiger partial charge on any atom is -0.468 e. The van der Waals surface area contributed by atoms with Crippen LogP contribution in [0.5, 0.6) is 5.88 Å². The highest BCUT2D eigenvalue weighted by molar-refractivity contribution is 5.82. The second kappa shape index (κ2) is 7.78. The third kappa shape index (κ3) is 5.54. The molecular formula is C16H16F3N3O2. The number of benzene rings is 1. The van der Waals surface area contributed by atoms with Crippen LogP contribution in [0, 0.1) is 0 Å². The maximum Gasteiger partial charge on any atom is 0.422 e. The number of ether oxygens (including phenoxy) is 1. The van der Waals surface area contributed by atoms with Crippen molar-refractivity contribution in [2.24, 2.45) is 5.73 Å². The van der Waals surface area contributed by atoms with E-state index in [-0.39, 0.29) is 12.4 Å². The van der Waals surface area contributed by atoms with Gasteiger partial charge in [-0.25, -0.2) is 4.98 Å². The molecule has 1 heterocycles. The molecule has 1 atom stereocenters. The molecule has 0 saturated carbocycles. The van der Waals surface area contributed by atoms with Gasteiger partial charge in [-0.2, -0.15) is 13.2 Å². The molecule has 0 bridgehead atoms. The normalized spacial score (nSPS) is 12.5. The summed E-state index contributed by atoms with van der Waals surface area (Å²) >= 11 is 0. The summed E-state index contributed by atoms with van der Waals surface area (Å²) in [5.74, 6) is -0.554. The number of hydrogen-bond acceptors (Lipinski definition) is 4. The van der Waals surface area contributed by atoms with Crippen LogP contribution in [-0.2, 0) is 11.3 Å². The van der Waals surface area contributed by atoms with E-state index in [0.29, 0.717) is 11.1 Å². The lowest BCUT2D eigenvalue weighted by Crippen LogP contribution is -2.33. The molecule has 5 nitrogen and oxygen atoms in total. The van der Waals surface area contributed by atoms with E-state index in [2.05, 4.69) is 15.0 Å². The smallest absolute Gasteiger partial charge is 0.422 e. The average molecular weight is 339 g/mol. The standard InChI is InChI=1S/C16H16F3N3O2/c17-16(18,19)10-24-13-8-11(6-7-21-13)9-22-15(23)14(20)12-4-2-1-3-5-12/h1-8,14H,9-10,20H2,(H,22,23). The van der Waals surface area contributed by atoms with Gasteiger partial charge in [0.15, 0.2) is 6.61 Å². The van der Waals surface area contributed by atoms with Crippen molar-refractivity contribution in [3.05, 3.63) is 59.8 Å². The molecule has 0 aliphatic rings. The summed E-state index contributed by atoms with van der Waals surface area (Å²) in [5, 5.41) is 2.63. The molecular weight excluding hydrogens is 323 g/mol. The van der Waals surface area contributed by atoms with Crippen LogP contribution in [0.15, 0.2) is 48.7 Å². The number of rotatable bonds is 6. The Morgan fingerprint density at radius 3 is 2.62 bits per heavy atom. The molecule has 0 aliphatic heterocycles. The summed E-state index contributed by atoms with van der Waals surface area (Å²) in [6, 6.07) is 10.9. The Bertz CT molecular complexity index is 678. The van der Waals surface area contributed by atoms with E-state index in [1.54, 1.807) is 30.3 Å². The van der Waals surface area contributed by atoms with E-state index in [9.17, 15) is 18.0 Å². The zero-order chi connectivity index (χ0) is 17.6. The number of nitrogens with zero attached hydrogens (tertiary/aromatic N) is 1. The van der Waals surface area contributed by atoms with Crippen molar-refractivity contribution in [3.63, 3.8) is 0 Å². The van der Waals surface area contributed by atoms with Crippen LogP contribution in [0.25, 0.3) is 0 Å². The molecule has 0 aliphatic carbocycles. The number of alkyl halides is 3. The molecule has 0 saturated heterocycles. The van der Waals surface area contributed by atoms with Crippen LogP contribution in [0.2, 0.25) is 0 Å². The summed E-state index contributed by atoms with van der Waals surface area (Å²) in [4.78, 5) is 15.7. The van der Waals surface area contributed by atoms with Gasteiger partial charge >= 0.3 is 6.18 Å². The first-order valence-corrected chi connectivity index (χ1v) is 7.08.